The van der Waals surface area contributed by atoms with E-state index in [0.29, 0.717) is 12.5 Å². The van der Waals surface area contributed by atoms with Gasteiger partial charge in [0.1, 0.15) is 5.75 Å². The highest BCUT2D eigenvalue weighted by Crippen LogP contribution is 2.18. The molecule has 0 spiro atoms. The first-order valence-corrected chi connectivity index (χ1v) is 7.44. The summed E-state index contributed by atoms with van der Waals surface area (Å²) in [7, 11) is 0. The molecule has 0 radical (unpaired) electrons. The molecule has 3 heteroatoms. The van der Waals surface area contributed by atoms with Gasteiger partial charge in [-0.2, -0.15) is 0 Å². The molecule has 1 aromatic carbocycles. The molecule has 1 aromatic rings. The maximum Gasteiger partial charge on any atom is 0.223 e. The van der Waals surface area contributed by atoms with E-state index in [1.54, 1.807) is 12.1 Å². The molecule has 0 saturated heterocycles. The third kappa shape index (κ3) is 3.86. The van der Waals surface area contributed by atoms with E-state index in [0.717, 1.165) is 31.4 Å². The van der Waals surface area contributed by atoms with Crippen LogP contribution in [0.2, 0.25) is 0 Å². The molecule has 1 aliphatic rings. The third-order valence-electron chi connectivity index (χ3n) is 3.80. The summed E-state index contributed by atoms with van der Waals surface area (Å²) in [4.78, 5) is 14.3. The van der Waals surface area contributed by atoms with Gasteiger partial charge in [-0.05, 0) is 30.5 Å². The van der Waals surface area contributed by atoms with Crippen LogP contribution in [-0.4, -0.2) is 28.5 Å². The number of carbonyl (C=O) groups is 1. The molecule has 1 aliphatic heterocycles. The Bertz CT molecular complexity index is 464. The summed E-state index contributed by atoms with van der Waals surface area (Å²) in [5.74, 6) is 0.493. The zero-order chi connectivity index (χ0) is 14.4. The van der Waals surface area contributed by atoms with Crippen LogP contribution in [0.25, 0.3) is 0 Å². The summed E-state index contributed by atoms with van der Waals surface area (Å²) in [5, 5.41) is 9.24. The van der Waals surface area contributed by atoms with E-state index in [1.807, 2.05) is 17.0 Å². The van der Waals surface area contributed by atoms with Crippen LogP contribution < -0.4 is 0 Å². The lowest BCUT2D eigenvalue weighted by Gasteiger charge is -2.24. The topological polar surface area (TPSA) is 40.5 Å². The molecule has 0 fully saturated rings. The maximum atomic E-state index is 12.3. The molecule has 20 heavy (non-hydrogen) atoms. The number of hydrogen-bond donors (Lipinski definition) is 1. The lowest BCUT2D eigenvalue weighted by atomic mass is 10.1. The number of amides is 1. The number of hydrogen-bond acceptors (Lipinski definition) is 2. The Labute approximate surface area is 120 Å². The second kappa shape index (κ2) is 7.13. The summed E-state index contributed by atoms with van der Waals surface area (Å²) < 4.78 is 0. The fraction of sp³-hybridized carbons (Fsp3) is 0.471. The Morgan fingerprint density at radius 3 is 2.80 bits per heavy atom. The summed E-state index contributed by atoms with van der Waals surface area (Å²) in [6, 6.07) is 7.38. The maximum absolute atomic E-state index is 12.3. The van der Waals surface area contributed by atoms with E-state index in [9.17, 15) is 9.90 Å². The summed E-state index contributed by atoms with van der Waals surface area (Å²) in [6.07, 6.45) is 8.92. The number of benzene rings is 1. The van der Waals surface area contributed by atoms with Gasteiger partial charge in [0, 0.05) is 13.0 Å². The van der Waals surface area contributed by atoms with Gasteiger partial charge in [-0.15, -0.1) is 0 Å². The molecule has 2 rings (SSSR count). The predicted molar refractivity (Wildman–Crippen MR) is 80.6 cm³/mol. The molecule has 0 aromatic heterocycles. The Kier molecular flexibility index (Phi) is 5.22. The van der Waals surface area contributed by atoms with Crippen LogP contribution in [-0.2, 0) is 11.2 Å². The average Bonchev–Trinajstić information content (AvgIpc) is 2.92. The van der Waals surface area contributed by atoms with Gasteiger partial charge >= 0.3 is 0 Å². The van der Waals surface area contributed by atoms with Crippen molar-refractivity contribution in [1.82, 2.24) is 4.90 Å². The van der Waals surface area contributed by atoms with Crippen LogP contribution >= 0.6 is 0 Å². The molecule has 1 unspecified atom stereocenters. The number of carbonyl (C=O) groups excluding carboxylic acids is 1. The fourth-order valence-corrected chi connectivity index (χ4v) is 2.58. The van der Waals surface area contributed by atoms with Crippen LogP contribution in [0.1, 0.15) is 38.2 Å². The zero-order valence-electron chi connectivity index (χ0n) is 12.1. The quantitative estimate of drug-likeness (QED) is 0.808. The van der Waals surface area contributed by atoms with Crippen LogP contribution in [0.4, 0.5) is 0 Å². The first-order valence-electron chi connectivity index (χ1n) is 7.44. The molecule has 108 valence electrons. The van der Waals surface area contributed by atoms with Crippen molar-refractivity contribution in [2.75, 3.05) is 6.54 Å². The van der Waals surface area contributed by atoms with E-state index in [4.69, 9.17) is 0 Å². The summed E-state index contributed by atoms with van der Waals surface area (Å²) >= 11 is 0. The van der Waals surface area contributed by atoms with Crippen LogP contribution in [0.5, 0.6) is 5.75 Å². The summed E-state index contributed by atoms with van der Waals surface area (Å²) in [6.45, 7) is 2.93. The van der Waals surface area contributed by atoms with Gasteiger partial charge in [0.2, 0.25) is 5.91 Å². The van der Waals surface area contributed by atoms with Gasteiger partial charge in [-0.3, -0.25) is 4.79 Å². The van der Waals surface area contributed by atoms with Gasteiger partial charge in [-0.25, -0.2) is 0 Å². The Balaban J connectivity index is 1.83. The molecule has 1 amide bonds. The average molecular weight is 273 g/mol. The smallest absolute Gasteiger partial charge is 0.223 e. The molecular weight excluding hydrogens is 250 g/mol. The van der Waals surface area contributed by atoms with E-state index in [1.165, 1.54) is 6.42 Å². The van der Waals surface area contributed by atoms with E-state index < -0.39 is 0 Å². The molecule has 3 nitrogen and oxygen atoms in total. The first-order chi connectivity index (χ1) is 9.70. The largest absolute Gasteiger partial charge is 0.508 e. The Morgan fingerprint density at radius 2 is 2.10 bits per heavy atom. The minimum absolute atomic E-state index is 0.226. The number of aromatic hydroxyl groups is 1. The second-order valence-corrected chi connectivity index (χ2v) is 5.35. The predicted octanol–water partition coefficient (Wildman–Crippen LogP) is 3.28. The van der Waals surface area contributed by atoms with Gasteiger partial charge in [-0.1, -0.05) is 44.1 Å². The highest BCUT2D eigenvalue weighted by molar-refractivity contribution is 5.77. The lowest BCUT2D eigenvalue weighted by Crippen LogP contribution is -2.36. The minimum atomic E-state index is 0.226. The zero-order valence-corrected chi connectivity index (χ0v) is 12.1. The van der Waals surface area contributed by atoms with Crippen molar-refractivity contribution < 1.29 is 9.90 Å². The van der Waals surface area contributed by atoms with Crippen molar-refractivity contribution in [1.29, 1.82) is 0 Å². The number of nitrogens with zero attached hydrogens (tertiary/aromatic N) is 1. The van der Waals surface area contributed by atoms with E-state index in [2.05, 4.69) is 19.1 Å². The normalized spacial score (nSPS) is 17.6. The number of phenolic OH excluding ortho intramolecular Hbond substituents is 1. The summed E-state index contributed by atoms with van der Waals surface area (Å²) in [5.41, 5.74) is 1.09. The Hall–Kier alpha value is -1.77. The number of aryl methyl sites for hydroxylation is 1. The van der Waals surface area contributed by atoms with Crippen molar-refractivity contribution in [2.24, 2.45) is 0 Å². The van der Waals surface area contributed by atoms with Gasteiger partial charge in [0.05, 0.1) is 6.04 Å². The fourth-order valence-electron chi connectivity index (χ4n) is 2.58. The third-order valence-corrected chi connectivity index (χ3v) is 3.80. The van der Waals surface area contributed by atoms with Crippen molar-refractivity contribution in [3.63, 3.8) is 0 Å². The number of phenols is 1. The van der Waals surface area contributed by atoms with Crippen LogP contribution in [0, 0.1) is 0 Å². The van der Waals surface area contributed by atoms with Gasteiger partial charge < -0.3 is 10.0 Å². The molecule has 0 saturated carbocycles. The number of rotatable bonds is 6. The molecular formula is C17H23NO2. The second-order valence-electron chi connectivity index (χ2n) is 5.35. The highest BCUT2D eigenvalue weighted by atomic mass is 16.3. The van der Waals surface area contributed by atoms with E-state index in [-0.39, 0.29) is 11.7 Å². The van der Waals surface area contributed by atoms with Crippen molar-refractivity contribution in [3.8, 4) is 5.75 Å². The number of unbranched alkanes of at least 4 members (excludes halogenated alkanes) is 1. The van der Waals surface area contributed by atoms with Crippen molar-refractivity contribution in [2.45, 2.75) is 45.1 Å². The highest BCUT2D eigenvalue weighted by Gasteiger charge is 2.23. The van der Waals surface area contributed by atoms with E-state index >= 15 is 0 Å². The minimum Gasteiger partial charge on any atom is -0.508 e. The van der Waals surface area contributed by atoms with Gasteiger partial charge in [0.15, 0.2) is 0 Å². The standard InChI is InChI=1S/C17H23NO2/c1-2-3-5-15-6-4-13-18(15)17(20)12-9-14-7-10-16(19)11-8-14/h4,6-8,10-11,15,19H,2-3,5,9,12-13H2,1H3. The molecule has 1 heterocycles. The molecule has 0 bridgehead atoms. The van der Waals surface area contributed by atoms with Crippen LogP contribution in [0.3, 0.4) is 0 Å². The SMILES string of the molecule is CCCCC1C=CCN1C(=O)CCc1ccc(O)cc1. The molecule has 1 atom stereocenters. The van der Waals surface area contributed by atoms with Crippen molar-refractivity contribution in [3.05, 3.63) is 42.0 Å². The van der Waals surface area contributed by atoms with Crippen molar-refractivity contribution >= 4 is 5.91 Å². The first kappa shape index (κ1) is 14.6. The Morgan fingerprint density at radius 1 is 1.35 bits per heavy atom. The van der Waals surface area contributed by atoms with Crippen LogP contribution in [0.15, 0.2) is 36.4 Å². The monoisotopic (exact) mass is 273 g/mol. The lowest BCUT2D eigenvalue weighted by molar-refractivity contribution is -0.131. The molecule has 1 N–H and O–H groups in total. The van der Waals surface area contributed by atoms with Gasteiger partial charge in [0.25, 0.3) is 0 Å². The molecule has 0 aliphatic carbocycles.